The maximum absolute atomic E-state index is 13.1. The quantitative estimate of drug-likeness (QED) is 0.0449. The number of hydrogen-bond acceptors (Lipinski definition) is 12. The molecule has 0 unspecified atom stereocenters. The molecule has 0 atom stereocenters. The van der Waals surface area contributed by atoms with Crippen LogP contribution >= 0.6 is 54.5 Å². The number of nitrogens with zero attached hydrogens (tertiary/aromatic N) is 6. The minimum absolute atomic E-state index is 0.0144. The summed E-state index contributed by atoms with van der Waals surface area (Å²) >= 11 is 10.3. The second-order valence-corrected chi connectivity index (χ2v) is 24.8. The number of halogens is 2. The van der Waals surface area contributed by atoms with Gasteiger partial charge in [-0.1, -0.05) is 92.5 Å². The summed E-state index contributed by atoms with van der Waals surface area (Å²) in [5, 5.41) is 4.18. The minimum atomic E-state index is -0.583. The third-order valence-corrected chi connectivity index (χ3v) is 18.5. The van der Waals surface area contributed by atoms with E-state index in [9.17, 15) is 28.8 Å². The molecule has 2 aliphatic heterocycles. The van der Waals surface area contributed by atoms with E-state index in [0.717, 1.165) is 128 Å². The number of likely N-dealkylation sites (N-methyl/N-ethyl adjacent to an activating group) is 6. The number of anilines is 2. The molecule has 450 valence electrons. The Morgan fingerprint density at radius 3 is 1.11 bits per heavy atom. The molecule has 0 radical (unpaired) electrons. The van der Waals surface area contributed by atoms with Crippen LogP contribution in [0, 0.1) is 0 Å². The van der Waals surface area contributed by atoms with Crippen LogP contribution in [0.1, 0.15) is 72.2 Å². The van der Waals surface area contributed by atoms with Crippen LogP contribution in [0.25, 0.3) is 69.1 Å². The SMILES string of the molecule is CCN1C(=O)C(=Cc2ccc(/C=C/c3ccc(N(CC)CCOc4ccc5cc(Br)ccc5c4-c4c(OCCN(CC)c5ccc(/C=C/c6ccc(C=C7C(=O)N(CC)C(=O)N(CC)C7=O)s6)cc5)ccc5cc(Br)ccc45)cc3)s2)C(=O)N(CC)C1=O. The van der Waals surface area contributed by atoms with Crippen LogP contribution in [0.2, 0.25) is 0 Å². The lowest BCUT2D eigenvalue weighted by Crippen LogP contribution is -2.56. The van der Waals surface area contributed by atoms with Crippen LogP contribution in [-0.4, -0.2) is 121 Å². The molecule has 2 aromatic heterocycles. The number of urea groups is 2. The number of fused-ring (bicyclic) bond motifs is 2. The summed E-state index contributed by atoms with van der Waals surface area (Å²) in [6, 6.07) is 44.3. The lowest BCUT2D eigenvalue weighted by Gasteiger charge is -2.32. The number of benzene rings is 6. The molecule has 8 amide bonds. The zero-order chi connectivity index (χ0) is 62.2. The van der Waals surface area contributed by atoms with E-state index in [1.165, 1.54) is 22.7 Å². The van der Waals surface area contributed by atoms with Gasteiger partial charge in [-0.2, -0.15) is 0 Å². The first-order valence-electron chi connectivity index (χ1n) is 29.4. The lowest BCUT2D eigenvalue weighted by molar-refractivity contribution is -0.137. The number of rotatable bonds is 23. The Kier molecular flexibility index (Phi) is 20.0. The van der Waals surface area contributed by atoms with Crippen molar-refractivity contribution in [1.29, 1.82) is 0 Å². The summed E-state index contributed by atoms with van der Waals surface area (Å²) in [6.45, 7) is 15.5. The standard InChI is InChI=1S/C70H66Br2N6O8S2/c1-7-73(51-23-13-45(14-24-51)17-27-53-29-31-55(87-53)43-59-65(79)75(9-3)69(83)76(10-4)66(59)80)37-39-85-61-35-19-47-41-49(71)21-33-57(47)63(61)64-58-34-22-50(72)42-48(58)20-36-62(64)86-40-38-74(8-2)52-25-15-46(16-26-52)18-28-54-30-32-56(88-54)44-60-67(81)77(11-5)70(84)78(12-6)68(60)82/h13-36,41-44H,7-12,37-40H2,1-6H3/b27-17+,28-18+. The van der Waals surface area contributed by atoms with Gasteiger partial charge in [0.15, 0.2) is 0 Å². The molecule has 14 nitrogen and oxygen atoms in total. The zero-order valence-electron chi connectivity index (χ0n) is 49.8. The Morgan fingerprint density at radius 2 is 0.773 bits per heavy atom. The van der Waals surface area contributed by atoms with Crippen molar-refractivity contribution in [2.75, 3.05) is 75.4 Å². The molecule has 2 saturated heterocycles. The van der Waals surface area contributed by atoms with Crippen molar-refractivity contribution < 1.29 is 38.2 Å². The summed E-state index contributed by atoms with van der Waals surface area (Å²) in [7, 11) is 0. The predicted octanol–water partition coefficient (Wildman–Crippen LogP) is 15.9. The Balaban J connectivity index is 0.817. The second-order valence-electron chi connectivity index (χ2n) is 20.7. The van der Waals surface area contributed by atoms with Gasteiger partial charge in [-0.05, 0) is 183 Å². The summed E-state index contributed by atoms with van der Waals surface area (Å²) < 4.78 is 15.7. The molecule has 88 heavy (non-hydrogen) atoms. The first-order valence-corrected chi connectivity index (χ1v) is 32.6. The Bertz CT molecular complexity index is 3790. The van der Waals surface area contributed by atoms with Crippen molar-refractivity contribution in [1.82, 2.24) is 19.6 Å². The number of carbonyl (C=O) groups is 6. The molecular formula is C70H66Br2N6O8S2. The van der Waals surface area contributed by atoms with E-state index < -0.39 is 35.7 Å². The number of ether oxygens (including phenoxy) is 2. The number of barbiturate groups is 2. The highest BCUT2D eigenvalue weighted by atomic mass is 79.9. The van der Waals surface area contributed by atoms with Crippen LogP contribution < -0.4 is 19.3 Å². The molecule has 2 aliphatic rings. The van der Waals surface area contributed by atoms with E-state index in [0.29, 0.717) is 26.3 Å². The van der Waals surface area contributed by atoms with Crippen molar-refractivity contribution in [2.45, 2.75) is 41.5 Å². The van der Waals surface area contributed by atoms with E-state index >= 15 is 0 Å². The zero-order valence-corrected chi connectivity index (χ0v) is 54.6. The molecule has 2 fully saturated rings. The third-order valence-electron chi connectivity index (χ3n) is 15.5. The van der Waals surface area contributed by atoms with Gasteiger partial charge in [0.1, 0.15) is 35.9 Å². The average Bonchev–Trinajstić information content (AvgIpc) is 1.66. The normalized spacial score (nSPS) is 14.0. The van der Waals surface area contributed by atoms with E-state index in [1.54, 1.807) is 39.8 Å². The fourth-order valence-corrected chi connectivity index (χ4v) is 13.3. The van der Waals surface area contributed by atoms with E-state index in [1.807, 2.05) is 48.6 Å². The van der Waals surface area contributed by atoms with E-state index in [4.69, 9.17) is 9.47 Å². The van der Waals surface area contributed by atoms with Crippen molar-refractivity contribution in [3.63, 3.8) is 0 Å². The molecule has 0 N–H and O–H groups in total. The molecular weight excluding hydrogens is 1280 g/mol. The maximum atomic E-state index is 13.1. The largest absolute Gasteiger partial charge is 0.491 e. The third kappa shape index (κ3) is 13.5. The monoisotopic (exact) mass is 1340 g/mol. The van der Waals surface area contributed by atoms with E-state index in [-0.39, 0.29) is 37.3 Å². The topological polar surface area (TPSA) is 140 Å². The summed E-state index contributed by atoms with van der Waals surface area (Å²) in [5.74, 6) is -0.798. The van der Waals surface area contributed by atoms with Crippen molar-refractivity contribution in [3.8, 4) is 22.6 Å². The molecule has 18 heteroatoms. The Morgan fingerprint density at radius 1 is 0.420 bits per heavy atom. The summed E-state index contributed by atoms with van der Waals surface area (Å²) in [6.07, 6.45) is 11.3. The van der Waals surface area contributed by atoms with Crippen LogP contribution in [0.3, 0.4) is 0 Å². The molecule has 6 aromatic carbocycles. The van der Waals surface area contributed by atoms with Gasteiger partial charge in [-0.3, -0.25) is 38.8 Å². The first kappa shape index (κ1) is 62.6. The molecule has 0 saturated carbocycles. The van der Waals surface area contributed by atoms with Crippen molar-refractivity contribution in [3.05, 3.63) is 184 Å². The van der Waals surface area contributed by atoms with Gasteiger partial charge in [0, 0.05) is 90.2 Å². The van der Waals surface area contributed by atoms with Crippen LogP contribution in [-0.2, 0) is 19.2 Å². The lowest BCUT2D eigenvalue weighted by atomic mass is 9.92. The summed E-state index contributed by atoms with van der Waals surface area (Å²) in [5.41, 5.74) is 6.02. The Hall–Kier alpha value is -8.42. The molecule has 4 heterocycles. The number of thiophene rings is 2. The highest BCUT2D eigenvalue weighted by Gasteiger charge is 2.42. The highest BCUT2D eigenvalue weighted by Crippen LogP contribution is 2.46. The minimum Gasteiger partial charge on any atom is -0.491 e. The van der Waals surface area contributed by atoms with E-state index in [2.05, 4.69) is 165 Å². The van der Waals surface area contributed by atoms with Crippen molar-refractivity contribution >= 4 is 160 Å². The summed E-state index contributed by atoms with van der Waals surface area (Å²) in [4.78, 5) is 90.0. The highest BCUT2D eigenvalue weighted by molar-refractivity contribution is 9.10. The van der Waals surface area contributed by atoms with Gasteiger partial charge in [-0.25, -0.2) is 9.59 Å². The maximum Gasteiger partial charge on any atom is 0.333 e. The van der Waals surface area contributed by atoms with Crippen LogP contribution in [0.4, 0.5) is 21.0 Å². The first-order chi connectivity index (χ1) is 42.6. The second kappa shape index (κ2) is 28.2. The molecule has 0 spiro atoms. The van der Waals surface area contributed by atoms with Crippen LogP contribution in [0.15, 0.2) is 154 Å². The Labute approximate surface area is 537 Å². The van der Waals surface area contributed by atoms with Gasteiger partial charge in [0.05, 0.1) is 13.1 Å². The molecule has 8 aromatic rings. The number of hydrogen-bond donors (Lipinski definition) is 0. The van der Waals surface area contributed by atoms with Crippen molar-refractivity contribution in [2.24, 2.45) is 0 Å². The number of imide groups is 4. The number of carbonyl (C=O) groups excluding carboxylic acids is 6. The van der Waals surface area contributed by atoms with Gasteiger partial charge in [0.25, 0.3) is 23.6 Å². The van der Waals surface area contributed by atoms with Crippen LogP contribution in [0.5, 0.6) is 11.5 Å². The smallest absolute Gasteiger partial charge is 0.333 e. The fraction of sp³-hybridized carbons (Fsp3) is 0.229. The van der Waals surface area contributed by atoms with Gasteiger partial charge < -0.3 is 19.3 Å². The number of amides is 8. The molecule has 10 rings (SSSR count). The average molecular weight is 1340 g/mol. The van der Waals surface area contributed by atoms with Gasteiger partial charge in [-0.15, -0.1) is 22.7 Å². The fourth-order valence-electron chi connectivity index (χ4n) is 10.9. The molecule has 0 bridgehead atoms. The van der Waals surface area contributed by atoms with Gasteiger partial charge in [0.2, 0.25) is 0 Å². The predicted molar refractivity (Wildman–Crippen MR) is 365 cm³/mol. The molecule has 0 aliphatic carbocycles. The van der Waals surface area contributed by atoms with Gasteiger partial charge >= 0.3 is 12.1 Å².